The summed E-state index contributed by atoms with van der Waals surface area (Å²) in [6, 6.07) is 7.80. The average Bonchev–Trinajstić information content (AvgIpc) is 2.47. The lowest BCUT2D eigenvalue weighted by Crippen LogP contribution is -2.15. The van der Waals surface area contributed by atoms with Gasteiger partial charge < -0.3 is 10.2 Å². The van der Waals surface area contributed by atoms with Gasteiger partial charge in [-0.25, -0.2) is 0 Å². The van der Waals surface area contributed by atoms with Crippen LogP contribution in [-0.2, 0) is 5.75 Å². The highest BCUT2D eigenvalue weighted by atomic mass is 35.5. The second-order valence-electron chi connectivity index (χ2n) is 4.58. The molecule has 1 aromatic carbocycles. The molecule has 7 heteroatoms. The molecule has 0 aliphatic heterocycles. The largest absolute Gasteiger partial charge is 0.354 e. The van der Waals surface area contributed by atoms with Crippen molar-refractivity contribution in [1.29, 1.82) is 0 Å². The average molecular weight is 324 g/mol. The van der Waals surface area contributed by atoms with E-state index in [1.165, 1.54) is 5.56 Å². The van der Waals surface area contributed by atoms with Crippen LogP contribution in [0.5, 0.6) is 0 Å². The van der Waals surface area contributed by atoms with Gasteiger partial charge in [0, 0.05) is 31.4 Å². The molecule has 1 N–H and O–H groups in total. The van der Waals surface area contributed by atoms with Gasteiger partial charge in [-0.15, -0.1) is 0 Å². The van der Waals surface area contributed by atoms with Crippen LogP contribution in [0.1, 0.15) is 12.5 Å². The maximum Gasteiger partial charge on any atom is 0.230 e. The van der Waals surface area contributed by atoms with E-state index in [4.69, 9.17) is 11.6 Å². The van der Waals surface area contributed by atoms with E-state index in [2.05, 4.69) is 20.3 Å². The van der Waals surface area contributed by atoms with Gasteiger partial charge in [-0.2, -0.15) is 15.0 Å². The van der Waals surface area contributed by atoms with Gasteiger partial charge in [-0.1, -0.05) is 35.5 Å². The van der Waals surface area contributed by atoms with Crippen LogP contribution in [0.2, 0.25) is 5.02 Å². The Morgan fingerprint density at radius 1 is 1.14 bits per heavy atom. The Morgan fingerprint density at radius 2 is 1.86 bits per heavy atom. The highest BCUT2D eigenvalue weighted by Crippen LogP contribution is 2.22. The highest BCUT2D eigenvalue weighted by molar-refractivity contribution is 7.98. The molecule has 5 nitrogen and oxygen atoms in total. The van der Waals surface area contributed by atoms with Gasteiger partial charge in [0.05, 0.1) is 0 Å². The van der Waals surface area contributed by atoms with Crippen molar-refractivity contribution in [2.45, 2.75) is 17.8 Å². The van der Waals surface area contributed by atoms with Crippen molar-refractivity contribution >= 4 is 35.3 Å². The Kier molecular flexibility index (Phi) is 5.64. The smallest absolute Gasteiger partial charge is 0.230 e. The first-order valence-electron chi connectivity index (χ1n) is 6.63. The van der Waals surface area contributed by atoms with Crippen LogP contribution in [0, 0.1) is 0 Å². The van der Waals surface area contributed by atoms with E-state index in [0.29, 0.717) is 17.1 Å². The van der Waals surface area contributed by atoms with Gasteiger partial charge in [0.2, 0.25) is 11.9 Å². The van der Waals surface area contributed by atoms with Gasteiger partial charge in [0.25, 0.3) is 0 Å². The number of rotatable bonds is 6. The number of halogens is 1. The van der Waals surface area contributed by atoms with Crippen molar-refractivity contribution in [3.05, 3.63) is 34.9 Å². The first-order valence-corrected chi connectivity index (χ1v) is 7.99. The van der Waals surface area contributed by atoms with E-state index in [9.17, 15) is 0 Å². The summed E-state index contributed by atoms with van der Waals surface area (Å²) >= 11 is 7.47. The molecule has 0 bridgehead atoms. The fraction of sp³-hybridized carbons (Fsp3) is 0.357. The maximum absolute atomic E-state index is 5.89. The Labute approximate surface area is 134 Å². The summed E-state index contributed by atoms with van der Waals surface area (Å²) in [5, 5.41) is 4.58. The minimum atomic E-state index is 0.606. The fourth-order valence-corrected chi connectivity index (χ4v) is 2.49. The minimum absolute atomic E-state index is 0.606. The molecule has 2 rings (SSSR count). The fourth-order valence-electron chi connectivity index (χ4n) is 1.58. The van der Waals surface area contributed by atoms with Crippen LogP contribution in [0.15, 0.2) is 29.4 Å². The topological polar surface area (TPSA) is 53.9 Å². The SMILES string of the molecule is CCNc1nc(SCc2ccc(Cl)cc2)nc(N(C)C)n1. The zero-order chi connectivity index (χ0) is 15.2. The van der Waals surface area contributed by atoms with Crippen LogP contribution < -0.4 is 10.2 Å². The predicted molar refractivity (Wildman–Crippen MR) is 89.3 cm³/mol. The Morgan fingerprint density at radius 3 is 2.48 bits per heavy atom. The van der Waals surface area contributed by atoms with Crippen LogP contribution in [0.25, 0.3) is 0 Å². The minimum Gasteiger partial charge on any atom is -0.354 e. The molecule has 0 saturated carbocycles. The zero-order valence-electron chi connectivity index (χ0n) is 12.3. The summed E-state index contributed by atoms with van der Waals surface area (Å²) in [6.07, 6.45) is 0. The molecule has 0 radical (unpaired) electrons. The number of nitrogens with zero attached hydrogens (tertiary/aromatic N) is 4. The van der Waals surface area contributed by atoms with Crippen LogP contribution in [0.4, 0.5) is 11.9 Å². The quantitative estimate of drug-likeness (QED) is 0.823. The molecule has 0 aliphatic carbocycles. The third-order valence-electron chi connectivity index (χ3n) is 2.62. The zero-order valence-corrected chi connectivity index (χ0v) is 13.9. The second-order valence-corrected chi connectivity index (χ2v) is 5.96. The molecular weight excluding hydrogens is 306 g/mol. The first-order chi connectivity index (χ1) is 10.1. The lowest BCUT2D eigenvalue weighted by molar-refractivity contribution is 0.863. The summed E-state index contributed by atoms with van der Waals surface area (Å²) in [5.74, 6) is 2.05. The van der Waals surface area contributed by atoms with Crippen LogP contribution >= 0.6 is 23.4 Å². The number of hydrogen-bond acceptors (Lipinski definition) is 6. The summed E-state index contributed by atoms with van der Waals surface area (Å²) in [6.45, 7) is 2.79. The Bertz CT molecular complexity index is 588. The number of benzene rings is 1. The summed E-state index contributed by atoms with van der Waals surface area (Å²) in [5.41, 5.74) is 1.18. The number of anilines is 2. The summed E-state index contributed by atoms with van der Waals surface area (Å²) < 4.78 is 0. The summed E-state index contributed by atoms with van der Waals surface area (Å²) in [7, 11) is 3.83. The lowest BCUT2D eigenvalue weighted by atomic mass is 10.2. The van der Waals surface area contributed by atoms with Gasteiger partial charge in [0.15, 0.2) is 5.16 Å². The molecule has 1 aromatic heterocycles. The van der Waals surface area contributed by atoms with Crippen molar-refractivity contribution in [2.24, 2.45) is 0 Å². The van der Waals surface area contributed by atoms with Crippen molar-refractivity contribution in [1.82, 2.24) is 15.0 Å². The molecule has 0 fully saturated rings. The van der Waals surface area contributed by atoms with E-state index in [1.54, 1.807) is 11.8 Å². The Balaban J connectivity index is 2.12. The second kappa shape index (κ2) is 7.47. The molecule has 0 saturated heterocycles. The normalized spacial score (nSPS) is 10.5. The van der Waals surface area contributed by atoms with Gasteiger partial charge >= 0.3 is 0 Å². The molecule has 0 amide bonds. The van der Waals surface area contributed by atoms with Crippen molar-refractivity contribution in [2.75, 3.05) is 30.9 Å². The third-order valence-corrected chi connectivity index (χ3v) is 3.79. The Hall–Kier alpha value is -1.53. The van der Waals surface area contributed by atoms with E-state index in [0.717, 1.165) is 17.3 Å². The first kappa shape index (κ1) is 15.9. The van der Waals surface area contributed by atoms with Gasteiger partial charge in [0.1, 0.15) is 0 Å². The molecule has 1 heterocycles. The molecule has 112 valence electrons. The molecule has 0 atom stereocenters. The molecule has 21 heavy (non-hydrogen) atoms. The predicted octanol–water partition coefficient (Wildman–Crippen LogP) is 3.32. The van der Waals surface area contributed by atoms with Crippen molar-refractivity contribution in [3.8, 4) is 0 Å². The van der Waals surface area contributed by atoms with Crippen LogP contribution in [-0.4, -0.2) is 35.6 Å². The van der Waals surface area contributed by atoms with Crippen LogP contribution in [0.3, 0.4) is 0 Å². The molecular formula is C14H18ClN5S. The molecule has 0 unspecified atom stereocenters. The standard InChI is InChI=1S/C14H18ClN5S/c1-4-16-12-17-13(20(2)3)19-14(18-12)21-9-10-5-7-11(15)8-6-10/h5-8H,4,9H2,1-3H3,(H,16,17,18,19). The number of thioether (sulfide) groups is 1. The summed E-state index contributed by atoms with van der Waals surface area (Å²) in [4.78, 5) is 15.1. The van der Waals surface area contributed by atoms with E-state index < -0.39 is 0 Å². The van der Waals surface area contributed by atoms with Gasteiger partial charge in [-0.05, 0) is 24.6 Å². The highest BCUT2D eigenvalue weighted by Gasteiger charge is 2.08. The number of hydrogen-bond donors (Lipinski definition) is 1. The van der Waals surface area contributed by atoms with Gasteiger partial charge in [-0.3, -0.25) is 0 Å². The van der Waals surface area contributed by atoms with E-state index in [-0.39, 0.29) is 0 Å². The van der Waals surface area contributed by atoms with Crippen molar-refractivity contribution < 1.29 is 0 Å². The monoisotopic (exact) mass is 323 g/mol. The van der Waals surface area contributed by atoms with E-state index in [1.807, 2.05) is 50.2 Å². The molecule has 0 spiro atoms. The maximum atomic E-state index is 5.89. The lowest BCUT2D eigenvalue weighted by Gasteiger charge is -2.12. The number of aromatic nitrogens is 3. The molecule has 2 aromatic rings. The molecule has 0 aliphatic rings. The number of nitrogens with one attached hydrogen (secondary N) is 1. The van der Waals surface area contributed by atoms with Crippen molar-refractivity contribution in [3.63, 3.8) is 0 Å². The van der Waals surface area contributed by atoms with E-state index >= 15 is 0 Å². The third kappa shape index (κ3) is 4.75.